The molecule has 1 atom stereocenters. The van der Waals surface area contributed by atoms with Crippen LogP contribution >= 0.6 is 0 Å². The van der Waals surface area contributed by atoms with Crippen LogP contribution in [0.4, 0.5) is 4.39 Å². The minimum atomic E-state index is -0.670. The van der Waals surface area contributed by atoms with Crippen molar-refractivity contribution in [3.05, 3.63) is 35.1 Å². The van der Waals surface area contributed by atoms with Gasteiger partial charge in [-0.2, -0.15) is 0 Å². The summed E-state index contributed by atoms with van der Waals surface area (Å²) in [4.78, 5) is 2.36. The maximum absolute atomic E-state index is 13.5. The Hall–Kier alpha value is -0.930. The van der Waals surface area contributed by atoms with Crippen molar-refractivity contribution in [1.82, 2.24) is 4.90 Å². The molecule has 1 aromatic carbocycles. The second-order valence-electron chi connectivity index (χ2n) is 6.46. The minimum absolute atomic E-state index is 0.281. The van der Waals surface area contributed by atoms with Gasteiger partial charge in [-0.3, -0.25) is 4.90 Å². The van der Waals surface area contributed by atoms with Crippen molar-refractivity contribution in [3.8, 4) is 0 Å². The number of hydrogen-bond acceptors (Lipinski definition) is 2. The van der Waals surface area contributed by atoms with Crippen LogP contribution in [0.15, 0.2) is 18.2 Å². The lowest BCUT2D eigenvalue weighted by Crippen LogP contribution is -2.49. The van der Waals surface area contributed by atoms with Gasteiger partial charge in [0.15, 0.2) is 0 Å². The highest BCUT2D eigenvalue weighted by Crippen LogP contribution is 2.34. The van der Waals surface area contributed by atoms with Gasteiger partial charge in [-0.25, -0.2) is 4.39 Å². The maximum atomic E-state index is 13.5. The Bertz CT molecular complexity index is 450. The largest absolute Gasteiger partial charge is 0.386 e. The monoisotopic (exact) mass is 279 g/mol. The second-order valence-corrected chi connectivity index (χ2v) is 6.46. The number of rotatable bonds is 3. The van der Waals surface area contributed by atoms with E-state index in [1.807, 2.05) is 6.92 Å². The van der Waals surface area contributed by atoms with Crippen LogP contribution < -0.4 is 0 Å². The fraction of sp³-hybridized carbons (Fsp3) is 0.647. The molecule has 0 bridgehead atoms. The molecule has 1 unspecified atom stereocenters. The van der Waals surface area contributed by atoms with Crippen molar-refractivity contribution < 1.29 is 9.50 Å². The molecule has 112 valence electrons. The first kappa shape index (κ1) is 15.5. The molecule has 1 aromatic rings. The lowest BCUT2D eigenvalue weighted by atomic mass is 9.87. The number of likely N-dealkylation sites (tertiary alicyclic amines) is 1. The number of nitrogens with zero attached hydrogens (tertiary/aromatic N) is 1. The molecule has 1 N–H and O–H groups in total. The van der Waals surface area contributed by atoms with E-state index in [0.29, 0.717) is 5.56 Å². The van der Waals surface area contributed by atoms with Crippen molar-refractivity contribution >= 4 is 0 Å². The van der Waals surface area contributed by atoms with Gasteiger partial charge in [0.25, 0.3) is 0 Å². The summed E-state index contributed by atoms with van der Waals surface area (Å²) in [6, 6.07) is 4.66. The Balaban J connectivity index is 2.24. The molecule has 1 aliphatic heterocycles. The van der Waals surface area contributed by atoms with Crippen LogP contribution in [0.1, 0.15) is 56.8 Å². The van der Waals surface area contributed by atoms with Crippen molar-refractivity contribution in [2.45, 2.75) is 58.1 Å². The Labute approximate surface area is 121 Å². The van der Waals surface area contributed by atoms with Crippen LogP contribution in [0.2, 0.25) is 0 Å². The summed E-state index contributed by atoms with van der Waals surface area (Å²) in [5.41, 5.74) is 1.28. The van der Waals surface area contributed by atoms with E-state index < -0.39 is 6.10 Å². The lowest BCUT2D eigenvalue weighted by molar-refractivity contribution is -0.0105. The molecule has 2 rings (SSSR count). The molecule has 20 heavy (non-hydrogen) atoms. The van der Waals surface area contributed by atoms with E-state index in [2.05, 4.69) is 18.7 Å². The molecule has 0 saturated carbocycles. The predicted molar refractivity (Wildman–Crippen MR) is 80.2 cm³/mol. The second kappa shape index (κ2) is 6.23. The van der Waals surface area contributed by atoms with Gasteiger partial charge in [0.05, 0.1) is 6.10 Å². The first-order chi connectivity index (χ1) is 9.43. The highest BCUT2D eigenvalue weighted by molar-refractivity contribution is 5.30. The van der Waals surface area contributed by atoms with E-state index in [1.54, 1.807) is 6.07 Å². The molecule has 1 aliphatic rings. The van der Waals surface area contributed by atoms with E-state index in [9.17, 15) is 9.50 Å². The summed E-state index contributed by atoms with van der Waals surface area (Å²) in [7, 11) is 0. The quantitative estimate of drug-likeness (QED) is 0.909. The maximum Gasteiger partial charge on any atom is 0.123 e. The molecular formula is C17H26FNO. The van der Waals surface area contributed by atoms with E-state index in [-0.39, 0.29) is 11.4 Å². The summed E-state index contributed by atoms with van der Waals surface area (Å²) >= 11 is 0. The molecule has 0 amide bonds. The third kappa shape index (κ3) is 3.21. The number of aliphatic hydroxyl groups is 1. The van der Waals surface area contributed by atoms with Gasteiger partial charge in [0.1, 0.15) is 5.82 Å². The molecule has 0 aliphatic carbocycles. The fourth-order valence-electron chi connectivity index (χ4n) is 3.11. The first-order valence-corrected chi connectivity index (χ1v) is 7.62. The molecular weight excluding hydrogens is 253 g/mol. The number of halogens is 1. The van der Waals surface area contributed by atoms with Crippen LogP contribution in [0, 0.1) is 12.7 Å². The molecule has 2 nitrogen and oxygen atoms in total. The normalized spacial score (nSPS) is 19.6. The zero-order chi connectivity index (χ0) is 14.8. The van der Waals surface area contributed by atoms with E-state index in [1.165, 1.54) is 37.8 Å². The summed E-state index contributed by atoms with van der Waals surface area (Å²) < 4.78 is 13.5. The van der Waals surface area contributed by atoms with Crippen molar-refractivity contribution in [1.29, 1.82) is 0 Å². The molecule has 0 spiro atoms. The van der Waals surface area contributed by atoms with Gasteiger partial charge in [-0.15, -0.1) is 0 Å². The topological polar surface area (TPSA) is 23.5 Å². The first-order valence-electron chi connectivity index (χ1n) is 7.62. The van der Waals surface area contributed by atoms with Gasteiger partial charge in [-0.1, -0.05) is 18.9 Å². The summed E-state index contributed by atoms with van der Waals surface area (Å²) in [6.07, 6.45) is 4.22. The van der Waals surface area contributed by atoms with Crippen LogP contribution in [0.3, 0.4) is 0 Å². The zero-order valence-electron chi connectivity index (χ0n) is 12.8. The SMILES string of the molecule is Cc1ccc(F)cc1C(O)C(C)(C)N1CCCCCC1. The Morgan fingerprint density at radius 3 is 2.35 bits per heavy atom. The molecule has 3 heteroatoms. The lowest BCUT2D eigenvalue weighted by Gasteiger charge is -2.42. The van der Waals surface area contributed by atoms with Crippen molar-refractivity contribution in [2.75, 3.05) is 13.1 Å². The van der Waals surface area contributed by atoms with Crippen LogP contribution in [0.25, 0.3) is 0 Å². The predicted octanol–water partition coefficient (Wildman–Crippen LogP) is 3.82. The van der Waals surface area contributed by atoms with Gasteiger partial charge in [0, 0.05) is 5.54 Å². The van der Waals surface area contributed by atoms with Crippen LogP contribution in [0.5, 0.6) is 0 Å². The average molecular weight is 279 g/mol. The Kier molecular flexibility index (Phi) is 4.82. The van der Waals surface area contributed by atoms with Gasteiger partial charge < -0.3 is 5.11 Å². The highest BCUT2D eigenvalue weighted by Gasteiger charge is 2.36. The average Bonchev–Trinajstić information content (AvgIpc) is 2.70. The number of benzene rings is 1. The van der Waals surface area contributed by atoms with E-state index >= 15 is 0 Å². The van der Waals surface area contributed by atoms with Crippen molar-refractivity contribution in [2.24, 2.45) is 0 Å². The third-order valence-electron chi connectivity index (χ3n) is 4.63. The zero-order valence-corrected chi connectivity index (χ0v) is 12.8. The molecule has 0 radical (unpaired) electrons. The summed E-state index contributed by atoms with van der Waals surface area (Å²) in [5, 5.41) is 10.8. The number of hydrogen-bond donors (Lipinski definition) is 1. The highest BCUT2D eigenvalue weighted by atomic mass is 19.1. The van der Waals surface area contributed by atoms with Crippen LogP contribution in [-0.2, 0) is 0 Å². The standard InChI is InChI=1S/C17H26FNO/c1-13-8-9-14(18)12-15(13)16(20)17(2,3)19-10-6-4-5-7-11-19/h8-9,12,16,20H,4-7,10-11H2,1-3H3. The fourth-order valence-corrected chi connectivity index (χ4v) is 3.11. The summed E-state index contributed by atoms with van der Waals surface area (Å²) in [5.74, 6) is -0.281. The smallest absolute Gasteiger partial charge is 0.123 e. The minimum Gasteiger partial charge on any atom is -0.386 e. The van der Waals surface area contributed by atoms with E-state index in [0.717, 1.165) is 18.7 Å². The molecule has 1 saturated heterocycles. The Morgan fingerprint density at radius 1 is 1.15 bits per heavy atom. The molecule has 0 aromatic heterocycles. The van der Waals surface area contributed by atoms with Gasteiger partial charge in [0.2, 0.25) is 0 Å². The summed E-state index contributed by atoms with van der Waals surface area (Å²) in [6.45, 7) is 8.08. The van der Waals surface area contributed by atoms with E-state index in [4.69, 9.17) is 0 Å². The number of aryl methyl sites for hydroxylation is 1. The number of aliphatic hydroxyl groups excluding tert-OH is 1. The Morgan fingerprint density at radius 2 is 1.75 bits per heavy atom. The third-order valence-corrected chi connectivity index (χ3v) is 4.63. The molecule has 1 heterocycles. The van der Waals surface area contributed by atoms with Gasteiger partial charge >= 0.3 is 0 Å². The molecule has 1 fully saturated rings. The van der Waals surface area contributed by atoms with Gasteiger partial charge in [-0.05, 0) is 70.0 Å². The van der Waals surface area contributed by atoms with Crippen LogP contribution in [-0.4, -0.2) is 28.6 Å². The van der Waals surface area contributed by atoms with Crippen molar-refractivity contribution in [3.63, 3.8) is 0 Å².